The fraction of sp³-hybridized carbons (Fsp3) is 0.867. The van der Waals surface area contributed by atoms with Crippen molar-refractivity contribution in [2.75, 3.05) is 39.9 Å². The van der Waals surface area contributed by atoms with Crippen LogP contribution >= 0.6 is 0 Å². The molecule has 1 fully saturated rings. The van der Waals surface area contributed by atoms with E-state index in [1.54, 1.807) is 7.05 Å². The van der Waals surface area contributed by atoms with E-state index in [4.69, 9.17) is 9.47 Å². The molecule has 0 aromatic heterocycles. The van der Waals surface area contributed by atoms with E-state index in [-0.39, 0.29) is 12.5 Å². The highest BCUT2D eigenvalue weighted by atomic mass is 16.6. The van der Waals surface area contributed by atoms with Crippen LogP contribution in [0.15, 0.2) is 4.99 Å². The first-order chi connectivity index (χ1) is 9.85. The molecule has 1 rings (SSSR count). The van der Waals surface area contributed by atoms with Crippen LogP contribution in [0.1, 0.15) is 34.1 Å². The summed E-state index contributed by atoms with van der Waals surface area (Å²) in [5.74, 6) is 1.01. The Morgan fingerprint density at radius 2 is 2.14 bits per heavy atom. The number of nitrogens with zero attached hydrogens (tertiary/aromatic N) is 2. The minimum absolute atomic E-state index is 0.135. The van der Waals surface area contributed by atoms with Crippen LogP contribution in [0.2, 0.25) is 0 Å². The molecule has 1 saturated heterocycles. The average molecular weight is 299 g/mol. The minimum Gasteiger partial charge on any atom is -0.459 e. The first-order valence-electron chi connectivity index (χ1n) is 7.61. The molecule has 0 amide bonds. The van der Waals surface area contributed by atoms with Crippen LogP contribution in [-0.2, 0) is 14.3 Å². The molecule has 1 aliphatic rings. The smallest absolute Gasteiger partial charge is 0.325 e. The number of ether oxygens (including phenoxy) is 2. The Kier molecular flexibility index (Phi) is 6.95. The van der Waals surface area contributed by atoms with Gasteiger partial charge in [0.05, 0.1) is 6.61 Å². The van der Waals surface area contributed by atoms with Crippen molar-refractivity contribution in [3.05, 3.63) is 0 Å². The Morgan fingerprint density at radius 3 is 2.71 bits per heavy atom. The summed E-state index contributed by atoms with van der Waals surface area (Å²) in [6.45, 7) is 11.1. The van der Waals surface area contributed by atoms with Gasteiger partial charge >= 0.3 is 5.97 Å². The van der Waals surface area contributed by atoms with Crippen LogP contribution in [0.4, 0.5) is 0 Å². The maximum Gasteiger partial charge on any atom is 0.325 e. The van der Waals surface area contributed by atoms with Crippen LogP contribution in [0, 0.1) is 5.92 Å². The van der Waals surface area contributed by atoms with E-state index < -0.39 is 5.60 Å². The van der Waals surface area contributed by atoms with Gasteiger partial charge in [-0.2, -0.15) is 0 Å². The Balaban J connectivity index is 2.38. The summed E-state index contributed by atoms with van der Waals surface area (Å²) < 4.78 is 10.7. The van der Waals surface area contributed by atoms with E-state index in [0.717, 1.165) is 38.7 Å². The molecule has 1 unspecified atom stereocenters. The predicted octanol–water partition coefficient (Wildman–Crippen LogP) is 1.26. The molecule has 0 radical (unpaired) electrons. The Labute approximate surface area is 127 Å². The summed E-state index contributed by atoms with van der Waals surface area (Å²) in [5.41, 5.74) is -0.460. The van der Waals surface area contributed by atoms with E-state index in [9.17, 15) is 4.79 Å². The van der Waals surface area contributed by atoms with Crippen LogP contribution in [0.5, 0.6) is 0 Å². The van der Waals surface area contributed by atoms with E-state index in [1.807, 2.05) is 27.7 Å². The second kappa shape index (κ2) is 8.22. The van der Waals surface area contributed by atoms with E-state index in [2.05, 4.69) is 15.2 Å². The maximum atomic E-state index is 11.7. The first kappa shape index (κ1) is 17.8. The number of hydrogen-bond donors (Lipinski definition) is 1. The normalized spacial score (nSPS) is 19.8. The lowest BCUT2D eigenvalue weighted by atomic mass is 10.1. The van der Waals surface area contributed by atoms with Gasteiger partial charge in [0, 0.05) is 32.7 Å². The molecule has 0 saturated carbocycles. The topological polar surface area (TPSA) is 63.2 Å². The van der Waals surface area contributed by atoms with E-state index in [0.29, 0.717) is 5.92 Å². The van der Waals surface area contributed by atoms with Crippen LogP contribution < -0.4 is 5.32 Å². The fourth-order valence-corrected chi connectivity index (χ4v) is 2.31. The molecule has 0 bridgehead atoms. The number of likely N-dealkylation sites (tertiary alicyclic amines) is 1. The SMILES string of the molecule is CCOCC1CCN(C(=NC)NCC(=O)OC(C)(C)C)C1. The standard InChI is InChI=1S/C15H29N3O3/c1-6-20-11-12-7-8-18(10-12)14(16-5)17-9-13(19)21-15(2,3)4/h12H,6-11H2,1-5H3,(H,16,17). The number of hydrogen-bond acceptors (Lipinski definition) is 4. The summed E-state index contributed by atoms with van der Waals surface area (Å²) in [4.78, 5) is 18.1. The van der Waals surface area contributed by atoms with Crippen molar-refractivity contribution in [1.82, 2.24) is 10.2 Å². The summed E-state index contributed by atoms with van der Waals surface area (Å²) >= 11 is 0. The molecule has 1 aliphatic heterocycles. The Bertz CT molecular complexity index is 364. The molecule has 1 N–H and O–H groups in total. The lowest BCUT2D eigenvalue weighted by molar-refractivity contribution is -0.153. The van der Waals surface area contributed by atoms with Gasteiger partial charge in [-0.25, -0.2) is 0 Å². The minimum atomic E-state index is -0.460. The van der Waals surface area contributed by atoms with Crippen molar-refractivity contribution in [2.45, 2.75) is 39.7 Å². The number of carbonyl (C=O) groups excluding carboxylic acids is 1. The third kappa shape index (κ3) is 6.80. The van der Waals surface area contributed by atoms with Gasteiger partial charge in [-0.15, -0.1) is 0 Å². The summed E-state index contributed by atoms with van der Waals surface area (Å²) in [6.07, 6.45) is 1.09. The summed E-state index contributed by atoms with van der Waals surface area (Å²) in [6, 6.07) is 0. The summed E-state index contributed by atoms with van der Waals surface area (Å²) in [5, 5.41) is 3.07. The zero-order valence-electron chi connectivity index (χ0n) is 13.9. The monoisotopic (exact) mass is 299 g/mol. The second-order valence-electron chi connectivity index (χ2n) is 6.25. The molecule has 0 aromatic rings. The van der Waals surface area contributed by atoms with Gasteiger partial charge in [0.25, 0.3) is 0 Å². The van der Waals surface area contributed by atoms with Crippen molar-refractivity contribution < 1.29 is 14.3 Å². The molecular weight excluding hydrogens is 270 g/mol. The quantitative estimate of drug-likeness (QED) is 0.470. The number of aliphatic imine (C=N–C) groups is 1. The lowest BCUT2D eigenvalue weighted by Crippen LogP contribution is -2.43. The number of nitrogens with one attached hydrogen (secondary N) is 1. The largest absolute Gasteiger partial charge is 0.459 e. The van der Waals surface area contributed by atoms with Gasteiger partial charge in [0.1, 0.15) is 12.1 Å². The number of rotatable bonds is 5. The first-order valence-corrected chi connectivity index (χ1v) is 7.61. The van der Waals surface area contributed by atoms with Crippen molar-refractivity contribution >= 4 is 11.9 Å². The highest BCUT2D eigenvalue weighted by molar-refractivity contribution is 5.84. The van der Waals surface area contributed by atoms with Crippen molar-refractivity contribution in [3.63, 3.8) is 0 Å². The van der Waals surface area contributed by atoms with E-state index >= 15 is 0 Å². The molecule has 6 heteroatoms. The average Bonchev–Trinajstić information content (AvgIpc) is 2.83. The number of guanidine groups is 1. The lowest BCUT2D eigenvalue weighted by Gasteiger charge is -2.23. The molecule has 0 aromatic carbocycles. The molecule has 1 atom stereocenters. The van der Waals surface area contributed by atoms with Gasteiger partial charge < -0.3 is 19.7 Å². The van der Waals surface area contributed by atoms with Gasteiger partial charge in [-0.1, -0.05) is 0 Å². The maximum absolute atomic E-state index is 11.7. The van der Waals surface area contributed by atoms with Gasteiger partial charge in [-0.3, -0.25) is 9.79 Å². The number of esters is 1. The van der Waals surface area contributed by atoms with Gasteiger partial charge in [-0.05, 0) is 34.1 Å². The zero-order chi connectivity index (χ0) is 15.9. The highest BCUT2D eigenvalue weighted by Gasteiger charge is 2.25. The third-order valence-corrected chi connectivity index (χ3v) is 3.17. The molecule has 0 spiro atoms. The molecular formula is C15H29N3O3. The predicted molar refractivity (Wildman–Crippen MR) is 83.4 cm³/mol. The Morgan fingerprint density at radius 1 is 1.43 bits per heavy atom. The number of carbonyl (C=O) groups is 1. The second-order valence-corrected chi connectivity index (χ2v) is 6.25. The Hall–Kier alpha value is -1.30. The summed E-state index contributed by atoms with van der Waals surface area (Å²) in [7, 11) is 1.73. The zero-order valence-corrected chi connectivity index (χ0v) is 13.9. The van der Waals surface area contributed by atoms with Crippen LogP contribution in [0.25, 0.3) is 0 Å². The van der Waals surface area contributed by atoms with Crippen molar-refractivity contribution in [3.8, 4) is 0 Å². The van der Waals surface area contributed by atoms with E-state index in [1.165, 1.54) is 0 Å². The molecule has 0 aliphatic carbocycles. The molecule has 122 valence electrons. The molecule has 1 heterocycles. The van der Waals surface area contributed by atoms with Crippen molar-refractivity contribution in [2.24, 2.45) is 10.9 Å². The van der Waals surface area contributed by atoms with Crippen molar-refractivity contribution in [1.29, 1.82) is 0 Å². The van der Waals surface area contributed by atoms with Gasteiger partial charge in [0.2, 0.25) is 0 Å². The highest BCUT2D eigenvalue weighted by Crippen LogP contribution is 2.16. The molecule has 21 heavy (non-hydrogen) atoms. The van der Waals surface area contributed by atoms with Gasteiger partial charge in [0.15, 0.2) is 5.96 Å². The van der Waals surface area contributed by atoms with Crippen LogP contribution in [0.3, 0.4) is 0 Å². The van der Waals surface area contributed by atoms with Crippen LogP contribution in [-0.4, -0.2) is 62.3 Å². The third-order valence-electron chi connectivity index (χ3n) is 3.17. The molecule has 6 nitrogen and oxygen atoms in total. The fourth-order valence-electron chi connectivity index (χ4n) is 2.31.